The van der Waals surface area contributed by atoms with Crippen LogP contribution in [0.4, 0.5) is 5.69 Å². The number of carbonyl (C=O) groups is 1. The predicted octanol–water partition coefficient (Wildman–Crippen LogP) is 1.80. The predicted molar refractivity (Wildman–Crippen MR) is 54.2 cm³/mol. The van der Waals surface area contributed by atoms with E-state index in [4.69, 9.17) is 0 Å². The summed E-state index contributed by atoms with van der Waals surface area (Å²) in [6, 6.07) is 7.75. The zero-order valence-electron chi connectivity index (χ0n) is 5.83. The molecule has 11 heavy (non-hydrogen) atoms. The molecule has 1 aliphatic rings. The van der Waals surface area contributed by atoms with Crippen LogP contribution in [-0.2, 0) is 11.2 Å². The largest absolute Gasteiger partial charge is 0.326 e. The molecule has 58 valence electrons. The number of hydrogen-bond donors (Lipinski definition) is 1. The molecule has 0 saturated heterocycles. The summed E-state index contributed by atoms with van der Waals surface area (Å²) in [4.78, 5) is 10.8. The van der Waals surface area contributed by atoms with Gasteiger partial charge in [0, 0.05) is 5.69 Å². The van der Waals surface area contributed by atoms with Crippen molar-refractivity contribution in [3.8, 4) is 0 Å². The lowest BCUT2D eigenvalue weighted by Gasteiger charge is -1.93. The standard InChI is InChI=1S/C8H7NO.HI/c10-8-5-6-3-1-2-4-7(6)9-8;/h1-4H,5H2,(H,9,10);1H. The number of carbonyl (C=O) groups excluding carboxylic acids is 1. The maximum absolute atomic E-state index is 10.8. The molecule has 1 aromatic carbocycles. The molecule has 0 unspecified atom stereocenters. The van der Waals surface area contributed by atoms with Crippen LogP contribution in [0.5, 0.6) is 0 Å². The molecule has 2 nitrogen and oxygen atoms in total. The van der Waals surface area contributed by atoms with Gasteiger partial charge in [-0.25, -0.2) is 0 Å². The summed E-state index contributed by atoms with van der Waals surface area (Å²) in [5.41, 5.74) is 2.07. The number of anilines is 1. The van der Waals surface area contributed by atoms with Crippen molar-refractivity contribution in [1.29, 1.82) is 0 Å². The number of hydrogen-bond acceptors (Lipinski definition) is 1. The van der Waals surface area contributed by atoms with Gasteiger partial charge in [-0.1, -0.05) is 18.2 Å². The molecule has 0 bridgehead atoms. The number of amides is 1. The molecule has 0 saturated carbocycles. The molecule has 2 rings (SSSR count). The second kappa shape index (κ2) is 3.21. The second-order valence-electron chi connectivity index (χ2n) is 2.38. The fourth-order valence-electron chi connectivity index (χ4n) is 1.16. The van der Waals surface area contributed by atoms with Crippen molar-refractivity contribution in [2.45, 2.75) is 6.42 Å². The van der Waals surface area contributed by atoms with Gasteiger partial charge in [-0.05, 0) is 11.6 Å². The number of fused-ring (bicyclic) bond motifs is 1. The van der Waals surface area contributed by atoms with Gasteiger partial charge in [0.05, 0.1) is 6.42 Å². The molecular weight excluding hydrogens is 253 g/mol. The Morgan fingerprint density at radius 1 is 1.27 bits per heavy atom. The first kappa shape index (κ1) is 8.52. The first-order valence-electron chi connectivity index (χ1n) is 3.24. The number of benzene rings is 1. The van der Waals surface area contributed by atoms with E-state index in [1.807, 2.05) is 24.3 Å². The van der Waals surface area contributed by atoms with Crippen LogP contribution in [0.1, 0.15) is 5.56 Å². The number of halogens is 1. The highest BCUT2D eigenvalue weighted by Crippen LogP contribution is 2.20. The van der Waals surface area contributed by atoms with Crippen molar-refractivity contribution >= 4 is 35.6 Å². The molecule has 1 amide bonds. The van der Waals surface area contributed by atoms with Crippen LogP contribution < -0.4 is 5.32 Å². The van der Waals surface area contributed by atoms with E-state index in [0.29, 0.717) is 6.42 Å². The molecular formula is C8H8INO. The Morgan fingerprint density at radius 3 is 2.73 bits per heavy atom. The molecule has 1 aromatic rings. The maximum atomic E-state index is 10.8. The molecule has 0 radical (unpaired) electrons. The summed E-state index contributed by atoms with van der Waals surface area (Å²) in [6.07, 6.45) is 0.538. The number of rotatable bonds is 0. The van der Waals surface area contributed by atoms with E-state index >= 15 is 0 Å². The van der Waals surface area contributed by atoms with Gasteiger partial charge in [0.1, 0.15) is 0 Å². The second-order valence-corrected chi connectivity index (χ2v) is 2.38. The van der Waals surface area contributed by atoms with E-state index in [0.717, 1.165) is 11.3 Å². The average Bonchev–Trinajstić information content (AvgIpc) is 2.27. The smallest absolute Gasteiger partial charge is 0.228 e. The first-order valence-corrected chi connectivity index (χ1v) is 3.24. The van der Waals surface area contributed by atoms with Gasteiger partial charge in [0.2, 0.25) is 5.91 Å². The van der Waals surface area contributed by atoms with Crippen molar-refractivity contribution in [3.63, 3.8) is 0 Å². The molecule has 0 atom stereocenters. The van der Waals surface area contributed by atoms with Crippen LogP contribution in [0.25, 0.3) is 0 Å². The van der Waals surface area contributed by atoms with Crippen LogP contribution in [0, 0.1) is 0 Å². The van der Waals surface area contributed by atoms with Crippen molar-refractivity contribution in [3.05, 3.63) is 29.8 Å². The Morgan fingerprint density at radius 2 is 2.00 bits per heavy atom. The highest BCUT2D eigenvalue weighted by molar-refractivity contribution is 14.0. The molecule has 0 fully saturated rings. The fraction of sp³-hybridized carbons (Fsp3) is 0.125. The molecule has 1 N–H and O–H groups in total. The zero-order valence-corrected chi connectivity index (χ0v) is 8.16. The third-order valence-electron chi connectivity index (χ3n) is 1.64. The first-order chi connectivity index (χ1) is 4.86. The highest BCUT2D eigenvalue weighted by Gasteiger charge is 2.15. The van der Waals surface area contributed by atoms with Crippen molar-refractivity contribution < 1.29 is 4.79 Å². The lowest BCUT2D eigenvalue weighted by atomic mass is 10.2. The third-order valence-corrected chi connectivity index (χ3v) is 1.64. The van der Waals surface area contributed by atoms with E-state index in [1.165, 1.54) is 0 Å². The molecule has 0 aromatic heterocycles. The van der Waals surface area contributed by atoms with Crippen LogP contribution in [0.3, 0.4) is 0 Å². The normalized spacial score (nSPS) is 13.3. The van der Waals surface area contributed by atoms with Crippen molar-refractivity contribution in [2.75, 3.05) is 5.32 Å². The Hall–Kier alpha value is -0.580. The van der Waals surface area contributed by atoms with Gasteiger partial charge in [0.15, 0.2) is 0 Å². The maximum Gasteiger partial charge on any atom is 0.228 e. The highest BCUT2D eigenvalue weighted by atomic mass is 127. The Labute approximate surface area is 82.0 Å². The van der Waals surface area contributed by atoms with Crippen molar-refractivity contribution in [1.82, 2.24) is 0 Å². The Bertz CT molecular complexity index is 258. The zero-order chi connectivity index (χ0) is 6.97. The summed E-state index contributed by atoms with van der Waals surface area (Å²) in [6.45, 7) is 0. The average molecular weight is 261 g/mol. The summed E-state index contributed by atoms with van der Waals surface area (Å²) >= 11 is 0. The summed E-state index contributed by atoms with van der Waals surface area (Å²) < 4.78 is 0. The van der Waals surface area contributed by atoms with E-state index in [1.54, 1.807) is 0 Å². The minimum Gasteiger partial charge on any atom is -0.326 e. The molecule has 1 heterocycles. The molecule has 0 aliphatic carbocycles. The van der Waals surface area contributed by atoms with Gasteiger partial charge in [-0.3, -0.25) is 4.79 Å². The monoisotopic (exact) mass is 261 g/mol. The topological polar surface area (TPSA) is 29.1 Å². The minimum absolute atomic E-state index is 0. The van der Waals surface area contributed by atoms with Gasteiger partial charge < -0.3 is 5.32 Å². The van der Waals surface area contributed by atoms with E-state index < -0.39 is 0 Å². The number of nitrogens with one attached hydrogen (secondary N) is 1. The lowest BCUT2D eigenvalue weighted by molar-refractivity contribution is -0.115. The van der Waals surface area contributed by atoms with Crippen LogP contribution in [-0.4, -0.2) is 5.91 Å². The van der Waals surface area contributed by atoms with E-state index in [9.17, 15) is 4.79 Å². The van der Waals surface area contributed by atoms with Gasteiger partial charge in [0.25, 0.3) is 0 Å². The number of para-hydroxylation sites is 1. The van der Waals surface area contributed by atoms with Crippen LogP contribution >= 0.6 is 24.0 Å². The molecule has 0 spiro atoms. The summed E-state index contributed by atoms with van der Waals surface area (Å²) in [7, 11) is 0. The van der Waals surface area contributed by atoms with E-state index in [2.05, 4.69) is 5.32 Å². The summed E-state index contributed by atoms with van der Waals surface area (Å²) in [5.74, 6) is 0.0983. The van der Waals surface area contributed by atoms with Gasteiger partial charge >= 0.3 is 0 Å². The van der Waals surface area contributed by atoms with Gasteiger partial charge in [-0.2, -0.15) is 0 Å². The fourth-order valence-corrected chi connectivity index (χ4v) is 1.16. The van der Waals surface area contributed by atoms with E-state index in [-0.39, 0.29) is 29.9 Å². The Balaban J connectivity index is 0.000000605. The quantitative estimate of drug-likeness (QED) is 0.709. The van der Waals surface area contributed by atoms with Crippen LogP contribution in [0.2, 0.25) is 0 Å². The lowest BCUT2D eigenvalue weighted by Crippen LogP contribution is -2.03. The van der Waals surface area contributed by atoms with Crippen LogP contribution in [0.15, 0.2) is 24.3 Å². The summed E-state index contributed by atoms with van der Waals surface area (Å²) in [5, 5.41) is 2.76. The Kier molecular flexibility index (Phi) is 2.49. The molecule has 3 heteroatoms. The molecule has 1 aliphatic heterocycles. The SMILES string of the molecule is I.O=C1Cc2ccccc2N1. The van der Waals surface area contributed by atoms with Gasteiger partial charge in [-0.15, -0.1) is 24.0 Å². The minimum atomic E-state index is 0. The third kappa shape index (κ3) is 1.53. The van der Waals surface area contributed by atoms with Crippen molar-refractivity contribution in [2.24, 2.45) is 0 Å².